The molecule has 2 aliphatic rings. The van der Waals surface area contributed by atoms with E-state index in [9.17, 15) is 4.79 Å². The smallest absolute Gasteiger partial charge is 0.226 e. The Balaban J connectivity index is 1.24. The highest BCUT2D eigenvalue weighted by Gasteiger charge is 2.32. The van der Waals surface area contributed by atoms with Crippen LogP contribution < -0.4 is 9.47 Å². The van der Waals surface area contributed by atoms with E-state index in [-0.39, 0.29) is 11.8 Å². The van der Waals surface area contributed by atoms with Crippen molar-refractivity contribution < 1.29 is 14.3 Å². The van der Waals surface area contributed by atoms with E-state index in [1.54, 1.807) is 14.2 Å². The van der Waals surface area contributed by atoms with Gasteiger partial charge in [-0.2, -0.15) is 0 Å². The first-order chi connectivity index (χ1) is 17.1. The summed E-state index contributed by atoms with van der Waals surface area (Å²) >= 11 is 0. The van der Waals surface area contributed by atoms with Gasteiger partial charge in [-0.05, 0) is 75.0 Å². The summed E-state index contributed by atoms with van der Waals surface area (Å²) in [7, 11) is 5.24. The fraction of sp³-hybridized carbons (Fsp3) is 0.552. The van der Waals surface area contributed by atoms with E-state index in [1.807, 2.05) is 30.1 Å². The Kier molecular flexibility index (Phi) is 9.05. The highest BCUT2D eigenvalue weighted by atomic mass is 16.5. The summed E-state index contributed by atoms with van der Waals surface area (Å²) in [5.74, 6) is 1.86. The van der Waals surface area contributed by atoms with Crippen LogP contribution >= 0.6 is 0 Å². The van der Waals surface area contributed by atoms with Gasteiger partial charge in [0.05, 0.1) is 20.1 Å². The Morgan fingerprint density at radius 3 is 2.40 bits per heavy atom. The number of methoxy groups -OCH3 is 2. The van der Waals surface area contributed by atoms with Gasteiger partial charge in [0.2, 0.25) is 5.91 Å². The summed E-state index contributed by atoms with van der Waals surface area (Å²) in [5, 5.41) is 0. The quantitative estimate of drug-likeness (QED) is 0.542. The van der Waals surface area contributed by atoms with Crippen LogP contribution in [-0.2, 0) is 17.8 Å². The Hall–Kier alpha value is -2.57. The minimum absolute atomic E-state index is 0.113. The van der Waals surface area contributed by atoms with Crippen molar-refractivity contribution in [2.45, 2.75) is 44.7 Å². The maximum absolute atomic E-state index is 13.3. The van der Waals surface area contributed by atoms with Crippen LogP contribution in [0.4, 0.5) is 0 Å². The molecular weight excluding hydrogens is 438 g/mol. The molecule has 0 spiro atoms. The molecule has 1 amide bonds. The molecular formula is C29H41N3O3. The lowest BCUT2D eigenvalue weighted by atomic mass is 9.92. The Bertz CT molecular complexity index is 943. The molecule has 6 nitrogen and oxygen atoms in total. The zero-order chi connectivity index (χ0) is 24.6. The number of carbonyl (C=O) groups is 1. The van der Waals surface area contributed by atoms with Crippen LogP contribution in [0.25, 0.3) is 0 Å². The van der Waals surface area contributed by atoms with Crippen molar-refractivity contribution in [2.24, 2.45) is 5.92 Å². The third kappa shape index (κ3) is 6.77. The van der Waals surface area contributed by atoms with E-state index in [0.29, 0.717) is 12.6 Å². The largest absolute Gasteiger partial charge is 0.493 e. The predicted octanol–water partition coefficient (Wildman–Crippen LogP) is 4.08. The molecule has 0 saturated carbocycles. The highest BCUT2D eigenvalue weighted by Crippen LogP contribution is 2.28. The summed E-state index contributed by atoms with van der Waals surface area (Å²) < 4.78 is 10.7. The number of carbonyl (C=O) groups excluding carboxylic acids is 1. The molecule has 0 aromatic heterocycles. The van der Waals surface area contributed by atoms with Gasteiger partial charge in [-0.25, -0.2) is 0 Å². The van der Waals surface area contributed by atoms with E-state index in [0.717, 1.165) is 69.0 Å². The van der Waals surface area contributed by atoms with Crippen LogP contribution in [0.1, 0.15) is 36.8 Å². The molecule has 35 heavy (non-hydrogen) atoms. The zero-order valence-corrected chi connectivity index (χ0v) is 21.6. The molecule has 0 N–H and O–H groups in total. The van der Waals surface area contributed by atoms with Gasteiger partial charge in [-0.1, -0.05) is 36.4 Å². The fourth-order valence-corrected chi connectivity index (χ4v) is 5.58. The van der Waals surface area contributed by atoms with Gasteiger partial charge in [-0.15, -0.1) is 0 Å². The standard InChI is InChI=1S/C29H41N3O3/c1-30(17-13-23-11-12-27(34-2)28(20-23)35-3)29(33)25-10-7-16-32(22-25)26-14-18-31(19-15-26)21-24-8-5-4-6-9-24/h4-6,8-9,11-12,20,25-26H,7,10,13-19,21-22H2,1-3H3/t25-/m0/s1. The van der Waals surface area contributed by atoms with Gasteiger partial charge < -0.3 is 14.4 Å². The Labute approximate surface area is 210 Å². The number of benzene rings is 2. The molecule has 2 saturated heterocycles. The lowest BCUT2D eigenvalue weighted by Gasteiger charge is -2.42. The fourth-order valence-electron chi connectivity index (χ4n) is 5.58. The van der Waals surface area contributed by atoms with Crippen LogP contribution in [0.3, 0.4) is 0 Å². The summed E-state index contributed by atoms with van der Waals surface area (Å²) in [6.07, 6.45) is 5.32. The molecule has 2 heterocycles. The van der Waals surface area contributed by atoms with Gasteiger partial charge in [0.25, 0.3) is 0 Å². The maximum atomic E-state index is 13.3. The summed E-state index contributed by atoms with van der Waals surface area (Å²) in [4.78, 5) is 20.4. The second-order valence-electron chi connectivity index (χ2n) is 10.0. The molecule has 2 aromatic carbocycles. The van der Waals surface area contributed by atoms with Crippen molar-refractivity contribution in [1.29, 1.82) is 0 Å². The van der Waals surface area contributed by atoms with Crippen molar-refractivity contribution in [3.63, 3.8) is 0 Å². The molecule has 190 valence electrons. The third-order valence-corrected chi connectivity index (χ3v) is 7.68. The number of hydrogen-bond donors (Lipinski definition) is 0. The van der Waals surface area contributed by atoms with Crippen LogP contribution in [0.2, 0.25) is 0 Å². The highest BCUT2D eigenvalue weighted by molar-refractivity contribution is 5.79. The number of ether oxygens (including phenoxy) is 2. The first-order valence-corrected chi connectivity index (χ1v) is 13.0. The van der Waals surface area contributed by atoms with Gasteiger partial charge in [-0.3, -0.25) is 14.6 Å². The minimum atomic E-state index is 0.113. The average molecular weight is 480 g/mol. The van der Waals surface area contributed by atoms with Crippen molar-refractivity contribution in [2.75, 3.05) is 54.0 Å². The molecule has 4 rings (SSSR count). The monoisotopic (exact) mass is 479 g/mol. The number of nitrogens with zero attached hydrogens (tertiary/aromatic N) is 3. The van der Waals surface area contributed by atoms with Crippen molar-refractivity contribution in [3.8, 4) is 11.5 Å². The lowest BCUT2D eigenvalue weighted by Crippen LogP contribution is -2.51. The van der Waals surface area contributed by atoms with Crippen LogP contribution in [0, 0.1) is 5.92 Å². The Morgan fingerprint density at radius 1 is 0.943 bits per heavy atom. The number of hydrogen-bond acceptors (Lipinski definition) is 5. The van der Waals surface area contributed by atoms with Crippen LogP contribution in [0.15, 0.2) is 48.5 Å². The van der Waals surface area contributed by atoms with Crippen molar-refractivity contribution in [3.05, 3.63) is 59.7 Å². The minimum Gasteiger partial charge on any atom is -0.493 e. The summed E-state index contributed by atoms with van der Waals surface area (Å²) in [5.41, 5.74) is 2.54. The van der Waals surface area contributed by atoms with Crippen molar-refractivity contribution in [1.82, 2.24) is 14.7 Å². The van der Waals surface area contributed by atoms with Crippen LogP contribution in [0.5, 0.6) is 11.5 Å². The normalized spacial score (nSPS) is 19.9. The molecule has 2 aliphatic heterocycles. The van der Waals surface area contributed by atoms with E-state index < -0.39 is 0 Å². The molecule has 0 unspecified atom stereocenters. The average Bonchev–Trinajstić information content (AvgIpc) is 2.92. The van der Waals surface area contributed by atoms with Gasteiger partial charge in [0, 0.05) is 32.7 Å². The van der Waals surface area contributed by atoms with E-state index in [4.69, 9.17) is 9.47 Å². The lowest BCUT2D eigenvalue weighted by molar-refractivity contribution is -0.136. The second-order valence-corrected chi connectivity index (χ2v) is 10.0. The first kappa shape index (κ1) is 25.5. The molecule has 2 aromatic rings. The maximum Gasteiger partial charge on any atom is 0.226 e. The number of piperidine rings is 2. The van der Waals surface area contributed by atoms with Crippen LogP contribution in [-0.4, -0.2) is 80.6 Å². The van der Waals surface area contributed by atoms with E-state index in [1.165, 1.54) is 18.4 Å². The number of likely N-dealkylation sites (tertiary alicyclic amines) is 2. The van der Waals surface area contributed by atoms with E-state index in [2.05, 4.69) is 40.1 Å². The summed E-state index contributed by atoms with van der Waals surface area (Å²) in [6, 6.07) is 17.3. The van der Waals surface area contributed by atoms with E-state index >= 15 is 0 Å². The summed E-state index contributed by atoms with van der Waals surface area (Å²) in [6.45, 7) is 6.06. The number of rotatable bonds is 9. The molecule has 0 aliphatic carbocycles. The van der Waals surface area contributed by atoms with Gasteiger partial charge in [0.15, 0.2) is 11.5 Å². The topological polar surface area (TPSA) is 45.2 Å². The van der Waals surface area contributed by atoms with Gasteiger partial charge >= 0.3 is 0 Å². The second kappa shape index (κ2) is 12.4. The Morgan fingerprint density at radius 2 is 1.69 bits per heavy atom. The molecule has 6 heteroatoms. The molecule has 0 radical (unpaired) electrons. The zero-order valence-electron chi connectivity index (χ0n) is 21.6. The SMILES string of the molecule is COc1ccc(CCN(C)C(=O)[C@H]2CCCN(C3CCN(Cc4ccccc4)CC3)C2)cc1OC. The third-order valence-electron chi connectivity index (χ3n) is 7.68. The number of amides is 1. The predicted molar refractivity (Wildman–Crippen MR) is 140 cm³/mol. The number of likely N-dealkylation sites (N-methyl/N-ethyl adjacent to an activating group) is 1. The molecule has 1 atom stereocenters. The van der Waals surface area contributed by atoms with Crippen molar-refractivity contribution >= 4 is 5.91 Å². The molecule has 2 fully saturated rings. The first-order valence-electron chi connectivity index (χ1n) is 13.0. The molecule has 0 bridgehead atoms. The van der Waals surface area contributed by atoms with Gasteiger partial charge in [0.1, 0.15) is 0 Å².